The molecule has 1 atom stereocenters. The molecule has 0 aliphatic rings. The first-order valence-corrected chi connectivity index (χ1v) is 12.1. The second-order valence-electron chi connectivity index (χ2n) is 4.90. The van der Waals surface area contributed by atoms with Gasteiger partial charge in [0.15, 0.2) is 0 Å². The normalized spacial score (nSPS) is 12.4. The van der Waals surface area contributed by atoms with Crippen LogP contribution < -0.4 is 0 Å². The van der Waals surface area contributed by atoms with Crippen molar-refractivity contribution in [1.29, 1.82) is 0 Å². The van der Waals surface area contributed by atoms with E-state index in [0.717, 1.165) is 11.1 Å². The van der Waals surface area contributed by atoms with Gasteiger partial charge in [-0.2, -0.15) is 8.42 Å². The van der Waals surface area contributed by atoms with Crippen LogP contribution in [0.3, 0.4) is 0 Å². The maximum Gasteiger partial charge on any atom is 0.419 e. The minimum atomic E-state index is -4.76. The van der Waals surface area contributed by atoms with Gasteiger partial charge in [0, 0.05) is 0 Å². The Morgan fingerprint density at radius 3 is 1.92 bits per heavy atom. The van der Waals surface area contributed by atoms with Gasteiger partial charge in [0.2, 0.25) is 0 Å². The first-order valence-electron chi connectivity index (χ1n) is 6.85. The Balaban J connectivity index is 2.31. The Morgan fingerprint density at radius 1 is 1.04 bits per heavy atom. The largest absolute Gasteiger partial charge is 0.419 e. The van der Waals surface area contributed by atoms with Crippen LogP contribution in [0.25, 0.3) is 0 Å². The van der Waals surface area contributed by atoms with E-state index in [2.05, 4.69) is 4.18 Å². The lowest BCUT2D eigenvalue weighted by atomic mass is 10.0. The molecule has 0 saturated carbocycles. The molecule has 2 aromatic carbocycles. The zero-order valence-corrected chi connectivity index (χ0v) is 15.2. The molecule has 1 unspecified atom stereocenters. The minimum Gasteiger partial charge on any atom is -0.325 e. The van der Waals surface area contributed by atoms with Crippen molar-refractivity contribution < 1.29 is 21.0 Å². The van der Waals surface area contributed by atoms with Gasteiger partial charge >= 0.3 is 17.7 Å². The maximum atomic E-state index is 14.5. The molecule has 0 bridgehead atoms. The van der Waals surface area contributed by atoms with Gasteiger partial charge in [0.05, 0.1) is 5.66 Å². The van der Waals surface area contributed by atoms with Gasteiger partial charge in [-0.15, -0.1) is 0 Å². The number of hydrogen-bond acceptors (Lipinski definition) is 3. The van der Waals surface area contributed by atoms with E-state index in [9.17, 15) is 16.8 Å². The standard InChI is InChI=1S/C16H15F2O3P2S/c1-2-21-24(19,20)13-23(17,18)22-16(14-9-5-3-6-10-14)15-11-7-4-8-12-15/h1,3-12,16,22H,13H2/q+1. The lowest BCUT2D eigenvalue weighted by molar-refractivity contribution is 0.470. The molecule has 0 aromatic heterocycles. The SMILES string of the molecule is C#COS(=O)(=O)C[P+](F)(F)PC(c1ccccc1)c1ccccc1. The van der Waals surface area contributed by atoms with Gasteiger partial charge in [-0.25, -0.2) is 0 Å². The van der Waals surface area contributed by atoms with Gasteiger partial charge in [-0.3, -0.25) is 0 Å². The molecule has 0 spiro atoms. The number of benzene rings is 2. The second kappa shape index (κ2) is 8.03. The molecule has 0 aliphatic carbocycles. The molecule has 126 valence electrons. The summed E-state index contributed by atoms with van der Waals surface area (Å²) in [7, 11) is -10.1. The molecule has 0 radical (unpaired) electrons. The fourth-order valence-electron chi connectivity index (χ4n) is 2.16. The van der Waals surface area contributed by atoms with E-state index in [1.54, 1.807) is 60.7 Å². The van der Waals surface area contributed by atoms with Gasteiger partial charge in [0.25, 0.3) is 5.49 Å². The molecule has 0 heterocycles. The van der Waals surface area contributed by atoms with Crippen LogP contribution in [0.4, 0.5) is 8.39 Å². The Labute approximate surface area is 142 Å². The zero-order valence-electron chi connectivity index (χ0n) is 12.5. The summed E-state index contributed by atoms with van der Waals surface area (Å²) in [6.45, 7) is 0. The summed E-state index contributed by atoms with van der Waals surface area (Å²) < 4.78 is 55.9. The van der Waals surface area contributed by atoms with E-state index in [0.29, 0.717) is 0 Å². The Bertz CT molecular complexity index is 767. The maximum absolute atomic E-state index is 14.5. The van der Waals surface area contributed by atoms with Crippen LogP contribution in [0, 0.1) is 12.5 Å². The average molecular weight is 387 g/mol. The predicted octanol–water partition coefficient (Wildman–Crippen LogP) is 5.05. The van der Waals surface area contributed by atoms with Crippen molar-refractivity contribution in [2.75, 3.05) is 5.49 Å². The predicted molar refractivity (Wildman–Crippen MR) is 95.9 cm³/mol. The molecule has 0 aliphatic heterocycles. The third-order valence-corrected chi connectivity index (χ3v) is 10.4. The van der Waals surface area contributed by atoms with Crippen LogP contribution in [0.15, 0.2) is 60.7 Å². The number of hydrogen-bond donors (Lipinski definition) is 0. The highest BCUT2D eigenvalue weighted by Crippen LogP contribution is 2.82. The van der Waals surface area contributed by atoms with Crippen LogP contribution in [0.2, 0.25) is 0 Å². The van der Waals surface area contributed by atoms with Crippen LogP contribution in [0.1, 0.15) is 16.8 Å². The van der Waals surface area contributed by atoms with Crippen molar-refractivity contribution in [3.05, 3.63) is 71.8 Å². The number of rotatable bonds is 7. The van der Waals surface area contributed by atoms with Gasteiger partial charge in [0.1, 0.15) is 14.4 Å². The summed E-state index contributed by atoms with van der Waals surface area (Å²) in [5, 5.41) is 0. The quantitative estimate of drug-likeness (QED) is 0.379. The first kappa shape index (κ1) is 18.8. The van der Waals surface area contributed by atoms with Gasteiger partial charge in [-0.1, -0.05) is 67.1 Å². The van der Waals surface area contributed by atoms with Crippen LogP contribution in [-0.2, 0) is 14.3 Å². The van der Waals surface area contributed by atoms with Crippen molar-refractivity contribution >= 4 is 26.0 Å². The summed E-state index contributed by atoms with van der Waals surface area (Å²) in [4.78, 5) is 0. The van der Waals surface area contributed by atoms with E-state index in [-0.39, 0.29) is 0 Å². The molecule has 24 heavy (non-hydrogen) atoms. The summed E-state index contributed by atoms with van der Waals surface area (Å²) in [5.74, 6) is 0. The van der Waals surface area contributed by atoms with Crippen molar-refractivity contribution in [3.63, 3.8) is 0 Å². The zero-order chi connectivity index (χ0) is 17.6. The van der Waals surface area contributed by atoms with E-state index in [1.807, 2.05) is 0 Å². The smallest absolute Gasteiger partial charge is 0.325 e. The Kier molecular flexibility index (Phi) is 6.29. The lowest BCUT2D eigenvalue weighted by Crippen LogP contribution is -2.07. The van der Waals surface area contributed by atoms with E-state index in [1.165, 1.54) is 6.11 Å². The summed E-state index contributed by atoms with van der Waals surface area (Å²) in [6.07, 6.45) is 6.18. The van der Waals surface area contributed by atoms with Crippen molar-refractivity contribution in [2.24, 2.45) is 0 Å². The molecule has 0 amide bonds. The first-order chi connectivity index (χ1) is 11.3. The highest BCUT2D eigenvalue weighted by Gasteiger charge is 2.50. The fraction of sp³-hybridized carbons (Fsp3) is 0.125. The van der Waals surface area contributed by atoms with E-state index in [4.69, 9.17) is 6.42 Å². The molecular weight excluding hydrogens is 372 g/mol. The third kappa shape index (κ3) is 5.53. The van der Waals surface area contributed by atoms with E-state index >= 15 is 0 Å². The number of halogens is 2. The van der Waals surface area contributed by atoms with Crippen molar-refractivity contribution in [3.8, 4) is 12.5 Å². The summed E-state index contributed by atoms with van der Waals surface area (Å²) in [5.41, 5.74) is -0.468. The van der Waals surface area contributed by atoms with Gasteiger partial charge < -0.3 is 4.18 Å². The topological polar surface area (TPSA) is 43.4 Å². The Hall–Kier alpha value is -1.53. The highest BCUT2D eigenvalue weighted by atomic mass is 32.3. The third-order valence-electron chi connectivity index (χ3n) is 3.08. The monoisotopic (exact) mass is 387 g/mol. The Morgan fingerprint density at radius 2 is 1.50 bits per heavy atom. The molecular formula is C16H15F2O3P2S+. The molecule has 8 heteroatoms. The molecule has 3 nitrogen and oxygen atoms in total. The second-order valence-corrected chi connectivity index (χ2v) is 12.0. The molecule has 0 fully saturated rings. The average Bonchev–Trinajstić information content (AvgIpc) is 2.53. The molecule has 0 saturated heterocycles. The molecule has 2 rings (SSSR count). The van der Waals surface area contributed by atoms with Crippen molar-refractivity contribution in [1.82, 2.24) is 0 Å². The lowest BCUT2D eigenvalue weighted by Gasteiger charge is -2.17. The van der Waals surface area contributed by atoms with E-state index < -0.39 is 37.1 Å². The van der Waals surface area contributed by atoms with Crippen molar-refractivity contribution in [2.45, 2.75) is 5.66 Å². The fourth-order valence-corrected chi connectivity index (χ4v) is 9.58. The van der Waals surface area contributed by atoms with Gasteiger partial charge in [-0.05, 0) is 19.5 Å². The minimum absolute atomic E-state index is 0.572. The summed E-state index contributed by atoms with van der Waals surface area (Å²) in [6, 6.07) is 17.7. The molecule has 0 N–H and O–H groups in total. The molecule has 2 aromatic rings. The summed E-state index contributed by atoms with van der Waals surface area (Å²) >= 11 is 0. The van der Waals surface area contributed by atoms with Crippen LogP contribution in [0.5, 0.6) is 0 Å². The highest BCUT2D eigenvalue weighted by molar-refractivity contribution is 8.30. The van der Waals surface area contributed by atoms with Crippen LogP contribution >= 0.6 is 15.8 Å². The van der Waals surface area contributed by atoms with Crippen LogP contribution in [-0.4, -0.2) is 13.9 Å². The number of terminal acetylenes is 1.